The monoisotopic (exact) mass is 428 g/mol. The molecule has 0 bridgehead atoms. The van der Waals surface area contributed by atoms with E-state index in [1.807, 2.05) is 28.9 Å². The molecule has 1 aliphatic heterocycles. The van der Waals surface area contributed by atoms with Gasteiger partial charge in [0.1, 0.15) is 0 Å². The van der Waals surface area contributed by atoms with E-state index in [0.29, 0.717) is 18.9 Å². The van der Waals surface area contributed by atoms with Gasteiger partial charge in [0.05, 0.1) is 11.6 Å². The number of benzene rings is 2. The Labute approximate surface area is 188 Å². The summed E-state index contributed by atoms with van der Waals surface area (Å²) in [5.41, 5.74) is 4.97. The number of amides is 2. The third kappa shape index (κ3) is 4.31. The highest BCUT2D eigenvalue weighted by atomic mass is 16.2. The average molecular weight is 429 g/mol. The number of anilines is 1. The van der Waals surface area contributed by atoms with E-state index >= 15 is 0 Å². The molecule has 6 nitrogen and oxygen atoms in total. The molecule has 1 saturated heterocycles. The molecule has 2 heterocycles. The second-order valence-corrected chi connectivity index (χ2v) is 9.21. The number of rotatable bonds is 7. The average Bonchev–Trinajstić information content (AvgIpc) is 3.21. The van der Waals surface area contributed by atoms with Crippen LogP contribution in [0.5, 0.6) is 0 Å². The smallest absolute Gasteiger partial charge is 0.230 e. The Balaban J connectivity index is 1.42. The predicted octanol–water partition coefficient (Wildman–Crippen LogP) is 3.92. The van der Waals surface area contributed by atoms with Crippen LogP contribution in [-0.4, -0.2) is 28.1 Å². The van der Waals surface area contributed by atoms with Crippen LogP contribution >= 0.6 is 0 Å². The lowest BCUT2D eigenvalue weighted by molar-refractivity contribution is -0.123. The molecule has 6 heteroatoms. The van der Waals surface area contributed by atoms with Crippen LogP contribution in [-0.2, 0) is 28.0 Å². The largest absolute Gasteiger partial charge is 0.355 e. The molecule has 1 atom stereocenters. The summed E-state index contributed by atoms with van der Waals surface area (Å²) in [6.45, 7) is 3.40. The molecular weight excluding hydrogens is 400 g/mol. The summed E-state index contributed by atoms with van der Waals surface area (Å²) in [6, 6.07) is 21.0. The van der Waals surface area contributed by atoms with Crippen molar-refractivity contribution in [1.82, 2.24) is 15.1 Å². The second-order valence-electron chi connectivity index (χ2n) is 9.21. The molecule has 2 N–H and O–H groups in total. The van der Waals surface area contributed by atoms with E-state index in [1.165, 1.54) is 24.0 Å². The zero-order chi connectivity index (χ0) is 22.1. The summed E-state index contributed by atoms with van der Waals surface area (Å²) >= 11 is 0. The van der Waals surface area contributed by atoms with Crippen molar-refractivity contribution in [3.63, 3.8) is 0 Å². The Morgan fingerprint density at radius 1 is 1.16 bits per heavy atom. The standard InChI is InChI=1S/C26H28N4O2/c1-26(11-12-26)21-9-5-8-19(14-21)22-16-23(28-25(32)20-15-24(31)27-17-20)29-30(22)13-10-18-6-3-2-4-7-18/h2-9,14,16,20H,10-13,15,17H2,1H3,(H,27,31)(H,28,29,32)/t20-/m1/s1. The second kappa shape index (κ2) is 8.26. The fraction of sp³-hybridized carbons (Fsp3) is 0.346. The fourth-order valence-corrected chi connectivity index (χ4v) is 4.31. The van der Waals surface area contributed by atoms with E-state index in [-0.39, 0.29) is 29.6 Å². The van der Waals surface area contributed by atoms with Gasteiger partial charge >= 0.3 is 0 Å². The first kappa shape index (κ1) is 20.5. The quantitative estimate of drug-likeness (QED) is 0.599. The number of nitrogens with zero attached hydrogens (tertiary/aromatic N) is 2. The summed E-state index contributed by atoms with van der Waals surface area (Å²) in [4.78, 5) is 24.1. The van der Waals surface area contributed by atoms with Crippen molar-refractivity contribution in [2.24, 2.45) is 5.92 Å². The molecule has 3 aromatic rings. The van der Waals surface area contributed by atoms with Crippen molar-refractivity contribution in [3.05, 3.63) is 71.8 Å². The van der Waals surface area contributed by atoms with E-state index < -0.39 is 0 Å². The van der Waals surface area contributed by atoms with Crippen LogP contribution in [0, 0.1) is 5.92 Å². The topological polar surface area (TPSA) is 76.0 Å². The lowest BCUT2D eigenvalue weighted by Gasteiger charge is -2.12. The van der Waals surface area contributed by atoms with Crippen molar-refractivity contribution in [2.75, 3.05) is 11.9 Å². The Hall–Kier alpha value is -3.41. The van der Waals surface area contributed by atoms with Crippen molar-refractivity contribution in [3.8, 4) is 11.3 Å². The van der Waals surface area contributed by atoms with Crippen LogP contribution in [0.25, 0.3) is 11.3 Å². The maximum absolute atomic E-state index is 12.6. The molecular formula is C26H28N4O2. The summed E-state index contributed by atoms with van der Waals surface area (Å²) in [5.74, 6) is -0.0644. The van der Waals surface area contributed by atoms with Gasteiger partial charge in [-0.05, 0) is 41.9 Å². The SMILES string of the molecule is CC1(c2cccc(-c3cc(NC(=O)[C@H]4CNC(=O)C4)nn3CCc3ccccc3)c2)CC1. The van der Waals surface area contributed by atoms with Crippen LogP contribution < -0.4 is 10.6 Å². The zero-order valence-corrected chi connectivity index (χ0v) is 18.3. The summed E-state index contributed by atoms with van der Waals surface area (Å²) < 4.78 is 1.98. The van der Waals surface area contributed by atoms with Crippen LogP contribution in [0.2, 0.25) is 0 Å². The number of hydrogen-bond donors (Lipinski definition) is 2. The number of hydrogen-bond acceptors (Lipinski definition) is 3. The van der Waals surface area contributed by atoms with Gasteiger partial charge in [0.2, 0.25) is 11.8 Å². The molecule has 5 rings (SSSR count). The molecule has 2 fully saturated rings. The highest BCUT2D eigenvalue weighted by molar-refractivity contribution is 5.96. The maximum atomic E-state index is 12.6. The third-order valence-electron chi connectivity index (χ3n) is 6.69. The summed E-state index contributed by atoms with van der Waals surface area (Å²) in [6.07, 6.45) is 3.52. The third-order valence-corrected chi connectivity index (χ3v) is 6.69. The number of aromatic nitrogens is 2. The molecule has 1 saturated carbocycles. The van der Waals surface area contributed by atoms with E-state index in [2.05, 4.69) is 54.0 Å². The molecule has 164 valence electrons. The summed E-state index contributed by atoms with van der Waals surface area (Å²) in [5, 5.41) is 10.4. The van der Waals surface area contributed by atoms with Crippen LogP contribution in [0.1, 0.15) is 37.3 Å². The van der Waals surface area contributed by atoms with Gasteiger partial charge in [-0.3, -0.25) is 14.3 Å². The molecule has 0 unspecified atom stereocenters. The van der Waals surface area contributed by atoms with Crippen molar-refractivity contribution in [2.45, 2.75) is 44.6 Å². The molecule has 2 amide bonds. The van der Waals surface area contributed by atoms with Crippen LogP contribution in [0.3, 0.4) is 0 Å². The number of nitrogens with one attached hydrogen (secondary N) is 2. The molecule has 32 heavy (non-hydrogen) atoms. The van der Waals surface area contributed by atoms with Crippen molar-refractivity contribution >= 4 is 17.6 Å². The predicted molar refractivity (Wildman–Crippen MR) is 124 cm³/mol. The first-order valence-corrected chi connectivity index (χ1v) is 11.3. The van der Waals surface area contributed by atoms with Gasteiger partial charge in [-0.1, -0.05) is 55.5 Å². The number of aryl methyl sites for hydroxylation is 2. The highest BCUT2D eigenvalue weighted by Gasteiger charge is 2.39. The Morgan fingerprint density at radius 3 is 2.69 bits per heavy atom. The molecule has 1 aromatic heterocycles. The lowest BCUT2D eigenvalue weighted by atomic mass is 9.95. The lowest BCUT2D eigenvalue weighted by Crippen LogP contribution is -2.25. The van der Waals surface area contributed by atoms with Gasteiger partial charge < -0.3 is 10.6 Å². The minimum atomic E-state index is -0.349. The first-order valence-electron chi connectivity index (χ1n) is 11.3. The maximum Gasteiger partial charge on any atom is 0.230 e. The molecule has 2 aliphatic rings. The molecule has 1 aliphatic carbocycles. The minimum absolute atomic E-state index is 0.0791. The van der Waals surface area contributed by atoms with Gasteiger partial charge in [0, 0.05) is 31.1 Å². The minimum Gasteiger partial charge on any atom is -0.355 e. The molecule has 2 aromatic carbocycles. The van der Waals surface area contributed by atoms with Gasteiger partial charge in [0.15, 0.2) is 5.82 Å². The van der Waals surface area contributed by atoms with E-state index in [1.54, 1.807) is 0 Å². The number of carbonyl (C=O) groups excluding carboxylic acids is 2. The summed E-state index contributed by atoms with van der Waals surface area (Å²) in [7, 11) is 0. The van der Waals surface area contributed by atoms with E-state index in [0.717, 1.165) is 17.7 Å². The van der Waals surface area contributed by atoms with Gasteiger partial charge in [-0.2, -0.15) is 5.10 Å². The normalized spacial score (nSPS) is 18.9. The van der Waals surface area contributed by atoms with Gasteiger partial charge in [0.25, 0.3) is 0 Å². The van der Waals surface area contributed by atoms with Crippen molar-refractivity contribution < 1.29 is 9.59 Å². The van der Waals surface area contributed by atoms with Crippen LogP contribution in [0.15, 0.2) is 60.7 Å². The number of carbonyl (C=O) groups is 2. The Bertz CT molecular complexity index is 1150. The molecule has 0 spiro atoms. The highest BCUT2D eigenvalue weighted by Crippen LogP contribution is 2.48. The van der Waals surface area contributed by atoms with Gasteiger partial charge in [-0.25, -0.2) is 0 Å². The molecule has 0 radical (unpaired) electrons. The van der Waals surface area contributed by atoms with Crippen LogP contribution in [0.4, 0.5) is 5.82 Å². The van der Waals surface area contributed by atoms with E-state index in [9.17, 15) is 9.59 Å². The van der Waals surface area contributed by atoms with E-state index in [4.69, 9.17) is 5.10 Å². The van der Waals surface area contributed by atoms with Gasteiger partial charge in [-0.15, -0.1) is 0 Å². The zero-order valence-electron chi connectivity index (χ0n) is 18.3. The fourth-order valence-electron chi connectivity index (χ4n) is 4.31. The first-order chi connectivity index (χ1) is 15.5. The Morgan fingerprint density at radius 2 is 1.97 bits per heavy atom. The van der Waals surface area contributed by atoms with Crippen molar-refractivity contribution in [1.29, 1.82) is 0 Å². The Kier molecular flexibility index (Phi) is 5.29.